The summed E-state index contributed by atoms with van der Waals surface area (Å²) in [6.45, 7) is 4.27. The number of aryl methyl sites for hydroxylation is 2. The molecule has 0 spiro atoms. The molecule has 28 heavy (non-hydrogen) atoms. The van der Waals surface area contributed by atoms with E-state index in [4.69, 9.17) is 23.8 Å². The molecule has 0 unspecified atom stereocenters. The number of carbonyl (C=O) groups excluding carboxylic acids is 2. The molecule has 1 saturated heterocycles. The fourth-order valence-electron chi connectivity index (χ4n) is 2.66. The third-order valence-corrected chi connectivity index (χ3v) is 6.02. The summed E-state index contributed by atoms with van der Waals surface area (Å²) in [6, 6.07) is 13.0. The van der Waals surface area contributed by atoms with Gasteiger partial charge in [0.1, 0.15) is 4.32 Å². The van der Waals surface area contributed by atoms with Crippen LogP contribution in [0.1, 0.15) is 23.1 Å². The summed E-state index contributed by atoms with van der Waals surface area (Å²) in [6.07, 6.45) is 1.96. The molecular formula is C21H19ClN2O2S2. The molecule has 144 valence electrons. The maximum Gasteiger partial charge on any atom is 0.266 e. The van der Waals surface area contributed by atoms with Gasteiger partial charge in [0, 0.05) is 23.7 Å². The number of rotatable bonds is 5. The lowest BCUT2D eigenvalue weighted by molar-refractivity contribution is -0.122. The molecule has 1 heterocycles. The summed E-state index contributed by atoms with van der Waals surface area (Å²) in [5, 5.41) is 3.50. The Balaban J connectivity index is 1.60. The highest BCUT2D eigenvalue weighted by Gasteiger charge is 2.32. The van der Waals surface area contributed by atoms with Crippen LogP contribution in [0.25, 0.3) is 6.08 Å². The number of nitrogens with zero attached hydrogens (tertiary/aromatic N) is 1. The number of amides is 2. The lowest BCUT2D eigenvalue weighted by Crippen LogP contribution is -2.31. The third kappa shape index (κ3) is 5.01. The minimum absolute atomic E-state index is 0.154. The first-order valence-corrected chi connectivity index (χ1v) is 10.3. The Morgan fingerprint density at radius 3 is 2.57 bits per heavy atom. The summed E-state index contributed by atoms with van der Waals surface area (Å²) >= 11 is 12.5. The zero-order valence-electron chi connectivity index (χ0n) is 15.5. The predicted octanol–water partition coefficient (Wildman–Crippen LogP) is 5.19. The van der Waals surface area contributed by atoms with Crippen LogP contribution in [-0.2, 0) is 9.59 Å². The fraction of sp³-hybridized carbons (Fsp3) is 0.190. The van der Waals surface area contributed by atoms with E-state index in [0.717, 1.165) is 16.8 Å². The highest BCUT2D eigenvalue weighted by molar-refractivity contribution is 8.26. The van der Waals surface area contributed by atoms with Crippen LogP contribution in [0.5, 0.6) is 0 Å². The van der Waals surface area contributed by atoms with Crippen molar-refractivity contribution in [2.75, 3.05) is 11.9 Å². The molecule has 1 N–H and O–H groups in total. The van der Waals surface area contributed by atoms with Gasteiger partial charge < -0.3 is 5.32 Å². The van der Waals surface area contributed by atoms with Gasteiger partial charge in [0.05, 0.1) is 4.91 Å². The normalized spacial score (nSPS) is 15.4. The maximum atomic E-state index is 12.6. The monoisotopic (exact) mass is 430 g/mol. The average molecular weight is 431 g/mol. The van der Waals surface area contributed by atoms with Crippen LogP contribution in [0.2, 0.25) is 5.02 Å². The predicted molar refractivity (Wildman–Crippen MR) is 120 cm³/mol. The number of thioether (sulfide) groups is 1. The molecule has 1 aliphatic rings. The molecule has 4 nitrogen and oxygen atoms in total. The van der Waals surface area contributed by atoms with Crippen LogP contribution in [0.3, 0.4) is 0 Å². The van der Waals surface area contributed by atoms with E-state index in [-0.39, 0.29) is 24.8 Å². The lowest BCUT2D eigenvalue weighted by Gasteiger charge is -2.14. The van der Waals surface area contributed by atoms with Gasteiger partial charge in [0.15, 0.2) is 0 Å². The van der Waals surface area contributed by atoms with Crippen molar-refractivity contribution in [1.29, 1.82) is 0 Å². The van der Waals surface area contributed by atoms with Gasteiger partial charge in [-0.2, -0.15) is 0 Å². The van der Waals surface area contributed by atoms with Crippen molar-refractivity contribution in [1.82, 2.24) is 4.90 Å². The molecule has 2 aromatic carbocycles. The van der Waals surface area contributed by atoms with E-state index in [1.807, 2.05) is 44.2 Å². The SMILES string of the molecule is Cc1ccc(NC(=O)CCN2C(=O)/C(=C/c3ccc(Cl)cc3)SC2=S)cc1C. The Bertz CT molecular complexity index is 971. The van der Waals surface area contributed by atoms with Gasteiger partial charge in [-0.15, -0.1) is 0 Å². The van der Waals surface area contributed by atoms with E-state index < -0.39 is 0 Å². The number of anilines is 1. The van der Waals surface area contributed by atoms with Crippen LogP contribution in [-0.4, -0.2) is 27.6 Å². The second-order valence-corrected chi connectivity index (χ2v) is 8.59. The molecule has 0 saturated carbocycles. The van der Waals surface area contributed by atoms with Crippen LogP contribution in [0, 0.1) is 13.8 Å². The Labute approximate surface area is 178 Å². The molecule has 0 atom stereocenters. The molecule has 0 bridgehead atoms. The first-order valence-electron chi connectivity index (χ1n) is 8.71. The molecule has 7 heteroatoms. The lowest BCUT2D eigenvalue weighted by atomic mass is 10.1. The molecule has 0 aromatic heterocycles. The van der Waals surface area contributed by atoms with E-state index in [1.54, 1.807) is 18.2 Å². The van der Waals surface area contributed by atoms with Gasteiger partial charge in [-0.25, -0.2) is 0 Å². The van der Waals surface area contributed by atoms with E-state index in [2.05, 4.69) is 5.32 Å². The van der Waals surface area contributed by atoms with Crippen LogP contribution in [0.4, 0.5) is 5.69 Å². The second kappa shape index (κ2) is 8.90. The van der Waals surface area contributed by atoms with Crippen molar-refractivity contribution >= 4 is 63.5 Å². The van der Waals surface area contributed by atoms with Crippen LogP contribution >= 0.6 is 35.6 Å². The average Bonchev–Trinajstić information content (AvgIpc) is 2.91. The molecular weight excluding hydrogens is 412 g/mol. The Morgan fingerprint density at radius 2 is 1.89 bits per heavy atom. The molecule has 2 amide bonds. The Kier molecular flexibility index (Phi) is 6.54. The number of nitrogens with one attached hydrogen (secondary N) is 1. The van der Waals surface area contributed by atoms with E-state index >= 15 is 0 Å². The van der Waals surface area contributed by atoms with E-state index in [1.165, 1.54) is 22.2 Å². The molecule has 3 rings (SSSR count). The third-order valence-electron chi connectivity index (χ3n) is 4.39. The highest BCUT2D eigenvalue weighted by Crippen LogP contribution is 2.32. The summed E-state index contributed by atoms with van der Waals surface area (Å²) < 4.78 is 0.462. The van der Waals surface area contributed by atoms with E-state index in [0.29, 0.717) is 14.2 Å². The number of hydrogen-bond donors (Lipinski definition) is 1. The number of carbonyl (C=O) groups is 2. The topological polar surface area (TPSA) is 49.4 Å². The van der Waals surface area contributed by atoms with E-state index in [9.17, 15) is 9.59 Å². The number of halogens is 1. The summed E-state index contributed by atoms with van der Waals surface area (Å²) in [7, 11) is 0. The quantitative estimate of drug-likeness (QED) is 0.524. The van der Waals surface area contributed by atoms with Gasteiger partial charge in [-0.1, -0.05) is 53.8 Å². The van der Waals surface area contributed by atoms with Crippen molar-refractivity contribution in [3.63, 3.8) is 0 Å². The first kappa shape index (κ1) is 20.6. The first-order chi connectivity index (χ1) is 13.3. The van der Waals surface area contributed by atoms with Gasteiger partial charge in [-0.3, -0.25) is 14.5 Å². The van der Waals surface area contributed by atoms with Gasteiger partial charge in [0.25, 0.3) is 5.91 Å². The Hall–Kier alpha value is -2.15. The van der Waals surface area contributed by atoms with Crippen LogP contribution < -0.4 is 5.32 Å². The van der Waals surface area contributed by atoms with Gasteiger partial charge >= 0.3 is 0 Å². The molecule has 0 radical (unpaired) electrons. The summed E-state index contributed by atoms with van der Waals surface area (Å²) in [4.78, 5) is 26.9. The summed E-state index contributed by atoms with van der Waals surface area (Å²) in [5.74, 6) is -0.331. The minimum atomic E-state index is -0.177. The zero-order chi connectivity index (χ0) is 20.3. The van der Waals surface area contributed by atoms with Crippen molar-refractivity contribution in [3.8, 4) is 0 Å². The molecule has 1 fully saturated rings. The molecule has 0 aliphatic carbocycles. The smallest absolute Gasteiger partial charge is 0.266 e. The zero-order valence-corrected chi connectivity index (χ0v) is 17.9. The van der Waals surface area contributed by atoms with Crippen molar-refractivity contribution < 1.29 is 9.59 Å². The molecule has 1 aliphatic heterocycles. The standard InChI is InChI=1S/C21H19ClN2O2S2/c1-13-3-8-17(11-14(13)2)23-19(25)9-10-24-20(26)18(28-21(24)27)12-15-4-6-16(22)7-5-15/h3-8,11-12H,9-10H2,1-2H3,(H,23,25)/b18-12-. The molecule has 2 aromatic rings. The Morgan fingerprint density at radius 1 is 1.18 bits per heavy atom. The summed E-state index contributed by atoms with van der Waals surface area (Å²) in [5.41, 5.74) is 3.91. The maximum absolute atomic E-state index is 12.6. The largest absolute Gasteiger partial charge is 0.326 e. The van der Waals surface area contributed by atoms with Crippen molar-refractivity contribution in [3.05, 3.63) is 69.1 Å². The minimum Gasteiger partial charge on any atom is -0.326 e. The number of benzene rings is 2. The highest BCUT2D eigenvalue weighted by atomic mass is 35.5. The number of thiocarbonyl (C=S) groups is 1. The second-order valence-electron chi connectivity index (χ2n) is 6.48. The van der Waals surface area contributed by atoms with Gasteiger partial charge in [-0.05, 0) is 60.9 Å². The van der Waals surface area contributed by atoms with Crippen molar-refractivity contribution in [2.45, 2.75) is 20.3 Å². The fourth-order valence-corrected chi connectivity index (χ4v) is 4.09. The van der Waals surface area contributed by atoms with Crippen molar-refractivity contribution in [2.24, 2.45) is 0 Å². The number of hydrogen-bond acceptors (Lipinski definition) is 4. The van der Waals surface area contributed by atoms with Crippen LogP contribution in [0.15, 0.2) is 47.4 Å². The van der Waals surface area contributed by atoms with Gasteiger partial charge in [0.2, 0.25) is 5.91 Å².